The molecule has 0 unspecified atom stereocenters. The summed E-state index contributed by atoms with van der Waals surface area (Å²) in [5, 5.41) is 2.83. The normalized spacial score (nSPS) is 10.1. The van der Waals surface area contributed by atoms with E-state index in [1.165, 1.54) is 0 Å². The van der Waals surface area contributed by atoms with Gasteiger partial charge in [0, 0.05) is 22.1 Å². The lowest BCUT2D eigenvalue weighted by atomic mass is 10.2. The number of H-pyrrole nitrogens is 1. The number of carbonyl (C=O) groups excluding carboxylic acids is 1. The monoisotopic (exact) mass is 278 g/mol. The van der Waals surface area contributed by atoms with Gasteiger partial charge in [0.05, 0.1) is 6.42 Å². The van der Waals surface area contributed by atoms with Crippen LogP contribution in [-0.4, -0.2) is 10.9 Å². The van der Waals surface area contributed by atoms with Crippen LogP contribution in [-0.2, 0) is 11.2 Å². The van der Waals surface area contributed by atoms with E-state index in [1.54, 1.807) is 0 Å². The zero-order valence-electron chi connectivity index (χ0n) is 8.53. The molecule has 1 amide bonds. The molecule has 0 aliphatic heterocycles. The number of aromatic nitrogens is 1. The average Bonchev–Trinajstić information content (AvgIpc) is 2.74. The number of amides is 1. The number of anilines is 1. The summed E-state index contributed by atoms with van der Waals surface area (Å²) < 4.78 is 0.995. The van der Waals surface area contributed by atoms with E-state index in [2.05, 4.69) is 26.2 Å². The van der Waals surface area contributed by atoms with Crippen molar-refractivity contribution >= 4 is 27.5 Å². The molecule has 16 heavy (non-hydrogen) atoms. The quantitative estimate of drug-likeness (QED) is 0.891. The van der Waals surface area contributed by atoms with Crippen molar-refractivity contribution in [1.82, 2.24) is 4.98 Å². The number of benzene rings is 1. The van der Waals surface area contributed by atoms with Crippen molar-refractivity contribution in [3.05, 3.63) is 52.8 Å². The minimum absolute atomic E-state index is 0.0234. The van der Waals surface area contributed by atoms with Gasteiger partial charge in [0.15, 0.2) is 0 Å². The predicted octanol–water partition coefficient (Wildman–Crippen LogP) is 2.96. The van der Waals surface area contributed by atoms with Gasteiger partial charge in [-0.15, -0.1) is 0 Å². The number of aromatic amines is 1. The summed E-state index contributed by atoms with van der Waals surface area (Å²) in [6.07, 6.45) is 2.17. The molecule has 2 N–H and O–H groups in total. The van der Waals surface area contributed by atoms with Crippen molar-refractivity contribution in [2.45, 2.75) is 6.42 Å². The Morgan fingerprint density at radius 3 is 2.62 bits per heavy atom. The molecule has 0 radical (unpaired) electrons. The number of halogens is 1. The topological polar surface area (TPSA) is 44.9 Å². The van der Waals surface area contributed by atoms with Crippen LogP contribution in [0.1, 0.15) is 5.69 Å². The molecular weight excluding hydrogens is 268 g/mol. The molecule has 1 heterocycles. The summed E-state index contributed by atoms with van der Waals surface area (Å²) in [6, 6.07) is 11.3. The van der Waals surface area contributed by atoms with Crippen LogP contribution in [0.5, 0.6) is 0 Å². The highest BCUT2D eigenvalue weighted by atomic mass is 79.9. The van der Waals surface area contributed by atoms with Gasteiger partial charge in [-0.2, -0.15) is 0 Å². The third-order valence-electron chi connectivity index (χ3n) is 2.14. The van der Waals surface area contributed by atoms with Gasteiger partial charge in [-0.05, 0) is 36.4 Å². The SMILES string of the molecule is O=C(Cc1ccc[nH]1)Nc1ccc(Br)cc1. The van der Waals surface area contributed by atoms with Crippen LogP contribution in [0.3, 0.4) is 0 Å². The van der Waals surface area contributed by atoms with E-state index in [4.69, 9.17) is 0 Å². The van der Waals surface area contributed by atoms with E-state index in [-0.39, 0.29) is 5.91 Å². The Balaban J connectivity index is 1.95. The van der Waals surface area contributed by atoms with Crippen molar-refractivity contribution in [2.24, 2.45) is 0 Å². The molecule has 0 atom stereocenters. The molecule has 4 heteroatoms. The Bertz CT molecular complexity index is 462. The molecule has 2 aromatic rings. The second kappa shape index (κ2) is 4.99. The predicted molar refractivity (Wildman–Crippen MR) is 67.3 cm³/mol. The fourth-order valence-electron chi connectivity index (χ4n) is 1.39. The smallest absolute Gasteiger partial charge is 0.230 e. The van der Waals surface area contributed by atoms with Crippen LogP contribution in [0.15, 0.2) is 47.1 Å². The van der Waals surface area contributed by atoms with E-state index in [0.29, 0.717) is 6.42 Å². The van der Waals surface area contributed by atoms with Gasteiger partial charge >= 0.3 is 0 Å². The highest BCUT2D eigenvalue weighted by molar-refractivity contribution is 9.10. The Morgan fingerprint density at radius 1 is 1.25 bits per heavy atom. The fraction of sp³-hybridized carbons (Fsp3) is 0.0833. The molecule has 0 aliphatic carbocycles. The van der Waals surface area contributed by atoms with E-state index < -0.39 is 0 Å². The molecule has 2 rings (SSSR count). The molecule has 0 aliphatic rings. The lowest BCUT2D eigenvalue weighted by Gasteiger charge is -2.04. The number of rotatable bonds is 3. The number of hydrogen-bond donors (Lipinski definition) is 2. The molecule has 3 nitrogen and oxygen atoms in total. The third kappa shape index (κ3) is 2.97. The zero-order valence-corrected chi connectivity index (χ0v) is 10.1. The fourth-order valence-corrected chi connectivity index (χ4v) is 1.65. The maximum Gasteiger partial charge on any atom is 0.230 e. The van der Waals surface area contributed by atoms with Gasteiger partial charge in [0.2, 0.25) is 5.91 Å². The van der Waals surface area contributed by atoms with E-state index in [9.17, 15) is 4.79 Å². The Hall–Kier alpha value is -1.55. The molecule has 0 bridgehead atoms. The first kappa shape index (κ1) is 11.0. The van der Waals surface area contributed by atoms with Gasteiger partial charge in [0.25, 0.3) is 0 Å². The summed E-state index contributed by atoms with van der Waals surface area (Å²) in [5.41, 5.74) is 1.72. The summed E-state index contributed by atoms with van der Waals surface area (Å²) >= 11 is 3.34. The highest BCUT2D eigenvalue weighted by Crippen LogP contribution is 2.14. The van der Waals surface area contributed by atoms with Gasteiger partial charge in [-0.1, -0.05) is 15.9 Å². The van der Waals surface area contributed by atoms with Crippen LogP contribution in [0.2, 0.25) is 0 Å². The second-order valence-corrected chi connectivity index (χ2v) is 4.34. The van der Waals surface area contributed by atoms with E-state index in [0.717, 1.165) is 15.9 Å². The van der Waals surface area contributed by atoms with Crippen LogP contribution >= 0.6 is 15.9 Å². The Morgan fingerprint density at radius 2 is 2.00 bits per heavy atom. The molecule has 1 aromatic carbocycles. The Labute approximate surface area is 102 Å². The number of nitrogens with one attached hydrogen (secondary N) is 2. The molecule has 82 valence electrons. The van der Waals surface area contributed by atoms with Gasteiger partial charge in [0.1, 0.15) is 0 Å². The van der Waals surface area contributed by atoms with Crippen LogP contribution in [0, 0.1) is 0 Å². The van der Waals surface area contributed by atoms with Crippen molar-refractivity contribution in [2.75, 3.05) is 5.32 Å². The van der Waals surface area contributed by atoms with Gasteiger partial charge < -0.3 is 10.3 Å². The van der Waals surface area contributed by atoms with Crippen LogP contribution in [0.25, 0.3) is 0 Å². The lowest BCUT2D eigenvalue weighted by Crippen LogP contribution is -2.14. The summed E-state index contributed by atoms with van der Waals surface area (Å²) in [7, 11) is 0. The van der Waals surface area contributed by atoms with Crippen LogP contribution in [0.4, 0.5) is 5.69 Å². The summed E-state index contributed by atoms with van der Waals surface area (Å²) in [5.74, 6) is -0.0234. The summed E-state index contributed by atoms with van der Waals surface area (Å²) in [4.78, 5) is 14.6. The maximum absolute atomic E-state index is 11.6. The average molecular weight is 279 g/mol. The van der Waals surface area contributed by atoms with Crippen molar-refractivity contribution in [1.29, 1.82) is 0 Å². The van der Waals surface area contributed by atoms with Crippen molar-refractivity contribution in [3.8, 4) is 0 Å². The van der Waals surface area contributed by atoms with Gasteiger partial charge in [-0.25, -0.2) is 0 Å². The highest BCUT2D eigenvalue weighted by Gasteiger charge is 2.03. The Kier molecular flexibility index (Phi) is 3.41. The molecule has 1 aromatic heterocycles. The van der Waals surface area contributed by atoms with Gasteiger partial charge in [-0.3, -0.25) is 4.79 Å². The molecule has 0 saturated heterocycles. The summed E-state index contributed by atoms with van der Waals surface area (Å²) in [6.45, 7) is 0. The second-order valence-electron chi connectivity index (χ2n) is 3.43. The van der Waals surface area contributed by atoms with Crippen molar-refractivity contribution in [3.63, 3.8) is 0 Å². The molecule has 0 saturated carbocycles. The van der Waals surface area contributed by atoms with E-state index >= 15 is 0 Å². The number of carbonyl (C=O) groups is 1. The first-order valence-electron chi connectivity index (χ1n) is 4.92. The van der Waals surface area contributed by atoms with Crippen molar-refractivity contribution < 1.29 is 4.79 Å². The number of hydrogen-bond acceptors (Lipinski definition) is 1. The first-order chi connectivity index (χ1) is 7.74. The lowest BCUT2D eigenvalue weighted by molar-refractivity contribution is -0.115. The minimum Gasteiger partial charge on any atom is -0.365 e. The third-order valence-corrected chi connectivity index (χ3v) is 2.67. The van der Waals surface area contributed by atoms with Crippen LogP contribution < -0.4 is 5.32 Å². The minimum atomic E-state index is -0.0234. The largest absolute Gasteiger partial charge is 0.365 e. The first-order valence-corrected chi connectivity index (χ1v) is 5.71. The molecule has 0 fully saturated rings. The standard InChI is InChI=1S/C12H11BrN2O/c13-9-3-5-10(6-4-9)15-12(16)8-11-2-1-7-14-11/h1-7,14H,8H2,(H,15,16). The van der Waals surface area contributed by atoms with E-state index in [1.807, 2.05) is 42.6 Å². The maximum atomic E-state index is 11.6. The zero-order chi connectivity index (χ0) is 11.4. The molecular formula is C12H11BrN2O. The molecule has 0 spiro atoms.